The van der Waals surface area contributed by atoms with E-state index in [2.05, 4.69) is 165 Å². The number of nitrogens with zero attached hydrogens (tertiary/aromatic N) is 1. The number of fused-ring (bicyclic) bond motifs is 3. The summed E-state index contributed by atoms with van der Waals surface area (Å²) in [5.74, 6) is 0. The molecule has 0 fully saturated rings. The van der Waals surface area contributed by atoms with Crippen LogP contribution in [-0.4, -0.2) is 4.98 Å². The molecule has 0 spiro atoms. The second-order valence-corrected chi connectivity index (χ2v) is 13.1. The predicted octanol–water partition coefficient (Wildman–Crippen LogP) is 11.1. The number of rotatable bonds is 8. The summed E-state index contributed by atoms with van der Waals surface area (Å²) in [6.07, 6.45) is 5.89. The molecule has 1 nitrogen and oxygen atoms in total. The van der Waals surface area contributed by atoms with Crippen LogP contribution in [0.15, 0.2) is 188 Å². The fourth-order valence-corrected chi connectivity index (χ4v) is 8.26. The lowest BCUT2D eigenvalue weighted by Crippen LogP contribution is -2.12. The first kappa shape index (κ1) is 28.4. The van der Waals surface area contributed by atoms with E-state index in [1.165, 1.54) is 54.3 Å². The summed E-state index contributed by atoms with van der Waals surface area (Å²) in [6.45, 7) is 8.04. The molecule has 0 amide bonds. The topological polar surface area (TPSA) is 12.9 Å². The molecule has 0 N–H and O–H groups in total. The quantitative estimate of drug-likeness (QED) is 0.0970. The zero-order chi connectivity index (χ0) is 30.6. The van der Waals surface area contributed by atoms with Crippen LogP contribution in [0.5, 0.6) is 0 Å². The highest BCUT2D eigenvalue weighted by Crippen LogP contribution is 2.44. The van der Waals surface area contributed by atoms with Gasteiger partial charge in [-0.2, -0.15) is 0 Å². The first-order valence-corrected chi connectivity index (χ1v) is 16.5. The highest BCUT2D eigenvalue weighted by Gasteiger charge is 2.17. The van der Waals surface area contributed by atoms with Crippen molar-refractivity contribution in [3.8, 4) is 33.5 Å². The van der Waals surface area contributed by atoms with E-state index in [1.807, 2.05) is 18.2 Å². The van der Waals surface area contributed by atoms with Crippen LogP contribution in [0, 0.1) is 0 Å². The second kappa shape index (κ2) is 12.7. The van der Waals surface area contributed by atoms with Crippen molar-refractivity contribution in [1.82, 2.24) is 4.98 Å². The van der Waals surface area contributed by atoms with Crippen LogP contribution in [0.4, 0.5) is 0 Å². The van der Waals surface area contributed by atoms with E-state index in [4.69, 9.17) is 4.98 Å². The van der Waals surface area contributed by atoms with Crippen molar-refractivity contribution in [3.05, 3.63) is 188 Å². The van der Waals surface area contributed by atoms with Gasteiger partial charge in [-0.05, 0) is 69.0 Å². The van der Waals surface area contributed by atoms with Gasteiger partial charge in [0, 0.05) is 10.9 Å². The first-order valence-electron chi connectivity index (χ1n) is 15.1. The minimum absolute atomic E-state index is 0.725. The van der Waals surface area contributed by atoms with Gasteiger partial charge in [0.05, 0.1) is 11.2 Å². The van der Waals surface area contributed by atoms with Gasteiger partial charge in [0.25, 0.3) is 0 Å². The number of allylic oxidation sites excluding steroid dienone is 4. The number of pyridine rings is 1. The minimum Gasteiger partial charge on any atom is -0.248 e. The Morgan fingerprint density at radius 1 is 0.556 bits per heavy atom. The van der Waals surface area contributed by atoms with Crippen molar-refractivity contribution in [3.63, 3.8) is 0 Å². The molecule has 0 saturated heterocycles. The number of benzene rings is 6. The van der Waals surface area contributed by atoms with Gasteiger partial charge < -0.3 is 0 Å². The maximum absolute atomic E-state index is 5.11. The molecule has 1 unspecified atom stereocenters. The fraction of sp³-hybridized carbons (Fsp3) is 0. The van der Waals surface area contributed by atoms with E-state index in [0.717, 1.165) is 16.8 Å². The van der Waals surface area contributed by atoms with E-state index in [9.17, 15) is 0 Å². The summed E-state index contributed by atoms with van der Waals surface area (Å²) in [4.78, 5) is 5.11. The molecule has 1 aromatic heterocycles. The van der Waals surface area contributed by atoms with Crippen LogP contribution in [0.3, 0.4) is 0 Å². The summed E-state index contributed by atoms with van der Waals surface area (Å²) in [7, 11) is -0.725. The van der Waals surface area contributed by atoms with Gasteiger partial charge in [0.2, 0.25) is 0 Å². The molecule has 1 atom stereocenters. The zero-order valence-electron chi connectivity index (χ0n) is 25.0. The lowest BCUT2D eigenvalue weighted by molar-refractivity contribution is 1.40. The van der Waals surface area contributed by atoms with Crippen LogP contribution in [0.1, 0.15) is 0 Å². The fourth-order valence-electron chi connectivity index (χ4n) is 6.02. The SMILES string of the molecule is C=C/C=C(\C=C)P(c1ccccc1)c1ccc(-c2ccc(-c3cc(-c4ccccc4)nc4ccc5ccccc5c34)cc2)cc1. The Morgan fingerprint density at radius 2 is 1.16 bits per heavy atom. The van der Waals surface area contributed by atoms with Gasteiger partial charge in [-0.15, -0.1) is 0 Å². The van der Waals surface area contributed by atoms with E-state index in [-0.39, 0.29) is 0 Å². The number of hydrogen-bond donors (Lipinski definition) is 0. The maximum atomic E-state index is 5.11. The van der Waals surface area contributed by atoms with E-state index < -0.39 is 7.92 Å². The first-order chi connectivity index (χ1) is 22.2. The van der Waals surface area contributed by atoms with Crippen LogP contribution < -0.4 is 10.6 Å². The lowest BCUT2D eigenvalue weighted by Gasteiger charge is -2.20. The van der Waals surface area contributed by atoms with E-state index in [1.54, 1.807) is 0 Å². The molecule has 0 bridgehead atoms. The smallest absolute Gasteiger partial charge is 0.0722 e. The van der Waals surface area contributed by atoms with Gasteiger partial charge in [0.1, 0.15) is 0 Å². The lowest BCUT2D eigenvalue weighted by atomic mass is 9.93. The standard InChI is InChI=1S/C43H32NP/c1-3-13-36(4-2)45(37-17-9-6-10-18-37)38-27-24-32(25-28-38)31-20-22-34(23-21-31)40-30-42(35-15-7-5-8-16-35)44-41-29-26-33-14-11-12-19-39(33)43(40)41/h3-30H,1-2H2/b36-13+. The molecule has 0 aliphatic carbocycles. The van der Waals surface area contributed by atoms with E-state index >= 15 is 0 Å². The van der Waals surface area contributed by atoms with Gasteiger partial charge in [0.15, 0.2) is 0 Å². The Kier molecular flexibility index (Phi) is 8.02. The third-order valence-electron chi connectivity index (χ3n) is 8.19. The average molecular weight is 594 g/mol. The molecule has 0 aliphatic heterocycles. The zero-order valence-corrected chi connectivity index (χ0v) is 25.9. The van der Waals surface area contributed by atoms with Gasteiger partial charge in [-0.1, -0.05) is 171 Å². The highest BCUT2D eigenvalue weighted by atomic mass is 31.1. The van der Waals surface area contributed by atoms with E-state index in [0.29, 0.717) is 0 Å². The predicted molar refractivity (Wildman–Crippen MR) is 197 cm³/mol. The van der Waals surface area contributed by atoms with Crippen LogP contribution in [-0.2, 0) is 0 Å². The van der Waals surface area contributed by atoms with Crippen LogP contribution in [0.2, 0.25) is 0 Å². The third kappa shape index (κ3) is 5.67. The highest BCUT2D eigenvalue weighted by molar-refractivity contribution is 7.77. The summed E-state index contributed by atoms with van der Waals surface area (Å²) >= 11 is 0. The summed E-state index contributed by atoms with van der Waals surface area (Å²) in [5.41, 5.74) is 7.84. The maximum Gasteiger partial charge on any atom is 0.0722 e. The molecule has 1 heterocycles. The normalized spacial score (nSPS) is 12.2. The van der Waals surface area contributed by atoms with Gasteiger partial charge in [-0.25, -0.2) is 4.98 Å². The summed E-state index contributed by atoms with van der Waals surface area (Å²) < 4.78 is 0. The van der Waals surface area contributed by atoms with Gasteiger partial charge in [-0.3, -0.25) is 0 Å². The Morgan fingerprint density at radius 3 is 1.84 bits per heavy atom. The number of aromatic nitrogens is 1. The van der Waals surface area contributed by atoms with Crippen LogP contribution in [0.25, 0.3) is 55.2 Å². The average Bonchev–Trinajstić information content (AvgIpc) is 3.12. The van der Waals surface area contributed by atoms with Crippen molar-refractivity contribution in [1.29, 1.82) is 0 Å². The van der Waals surface area contributed by atoms with Crippen molar-refractivity contribution in [2.45, 2.75) is 0 Å². The van der Waals surface area contributed by atoms with Gasteiger partial charge >= 0.3 is 0 Å². The Labute approximate surface area is 266 Å². The number of hydrogen-bond acceptors (Lipinski definition) is 1. The molecule has 7 rings (SSSR count). The third-order valence-corrected chi connectivity index (χ3v) is 10.7. The Hall–Kier alpha value is -5.36. The van der Waals surface area contributed by atoms with Crippen molar-refractivity contribution >= 4 is 40.2 Å². The second-order valence-electron chi connectivity index (χ2n) is 10.9. The van der Waals surface area contributed by atoms with Crippen molar-refractivity contribution in [2.75, 3.05) is 0 Å². The largest absolute Gasteiger partial charge is 0.248 e. The molecule has 2 heteroatoms. The summed E-state index contributed by atoms with van der Waals surface area (Å²) in [6, 6.07) is 54.2. The molecular weight excluding hydrogens is 561 g/mol. The molecule has 6 aromatic carbocycles. The summed E-state index contributed by atoms with van der Waals surface area (Å²) in [5, 5.41) is 7.39. The van der Waals surface area contributed by atoms with Crippen LogP contribution >= 0.6 is 7.92 Å². The van der Waals surface area contributed by atoms with Crippen molar-refractivity contribution < 1.29 is 0 Å². The molecule has 7 aromatic rings. The molecule has 0 saturated carbocycles. The molecule has 0 radical (unpaired) electrons. The molecular formula is C43H32NP. The monoisotopic (exact) mass is 593 g/mol. The molecule has 0 aliphatic rings. The molecule has 214 valence electrons. The Balaban J connectivity index is 1.28. The molecule has 45 heavy (non-hydrogen) atoms. The minimum atomic E-state index is -0.725. The Bertz CT molecular complexity index is 2160. The van der Waals surface area contributed by atoms with Crippen molar-refractivity contribution in [2.24, 2.45) is 0 Å².